The summed E-state index contributed by atoms with van der Waals surface area (Å²) in [6.07, 6.45) is 7.19. The zero-order valence-corrected chi connectivity index (χ0v) is 15.4. The minimum atomic E-state index is 0.216. The molecule has 0 atom stereocenters. The van der Waals surface area contributed by atoms with Gasteiger partial charge < -0.3 is 4.74 Å². The Morgan fingerprint density at radius 3 is 1.68 bits per heavy atom. The molecule has 4 aliphatic carbocycles. The fourth-order valence-corrected chi connectivity index (χ4v) is 6.73. The molecule has 1 nitrogen and oxygen atoms in total. The summed E-state index contributed by atoms with van der Waals surface area (Å²) in [5.74, 6) is 4.55. The van der Waals surface area contributed by atoms with Crippen LogP contribution in [0.3, 0.4) is 0 Å². The van der Waals surface area contributed by atoms with Gasteiger partial charge in [0.25, 0.3) is 0 Å². The van der Waals surface area contributed by atoms with Crippen LogP contribution in [0.25, 0.3) is 0 Å². The SMILES string of the molecule is COc1ccc(C2(c3ccc(C)cc3)C3CC4CC(C3)CC2C4)cc1. The van der Waals surface area contributed by atoms with E-state index >= 15 is 0 Å². The third kappa shape index (κ3) is 2.21. The molecule has 0 spiro atoms. The minimum absolute atomic E-state index is 0.216. The second-order valence-electron chi connectivity index (χ2n) is 8.77. The number of aryl methyl sites for hydroxylation is 1. The van der Waals surface area contributed by atoms with E-state index in [1.54, 1.807) is 12.7 Å². The fraction of sp³-hybridized carbons (Fsp3) is 0.500. The van der Waals surface area contributed by atoms with Gasteiger partial charge in [-0.25, -0.2) is 0 Å². The molecule has 0 radical (unpaired) electrons. The lowest BCUT2D eigenvalue weighted by atomic mass is 9.42. The molecule has 25 heavy (non-hydrogen) atoms. The van der Waals surface area contributed by atoms with Crippen LogP contribution in [-0.4, -0.2) is 7.11 Å². The first kappa shape index (κ1) is 15.5. The van der Waals surface area contributed by atoms with Crippen molar-refractivity contribution in [3.63, 3.8) is 0 Å². The maximum absolute atomic E-state index is 5.43. The molecule has 0 unspecified atom stereocenters. The van der Waals surface area contributed by atoms with E-state index in [2.05, 4.69) is 55.5 Å². The summed E-state index contributed by atoms with van der Waals surface area (Å²) in [6.45, 7) is 2.20. The maximum atomic E-state index is 5.43. The summed E-state index contributed by atoms with van der Waals surface area (Å²) in [4.78, 5) is 0. The molecule has 0 saturated heterocycles. The van der Waals surface area contributed by atoms with Gasteiger partial charge >= 0.3 is 0 Å². The summed E-state index contributed by atoms with van der Waals surface area (Å²) in [6, 6.07) is 18.5. The quantitative estimate of drug-likeness (QED) is 0.696. The molecule has 4 aliphatic rings. The van der Waals surface area contributed by atoms with Gasteiger partial charge in [0.05, 0.1) is 7.11 Å². The van der Waals surface area contributed by atoms with E-state index in [9.17, 15) is 0 Å². The monoisotopic (exact) mass is 332 g/mol. The molecule has 0 N–H and O–H groups in total. The van der Waals surface area contributed by atoms with E-state index in [1.807, 2.05) is 0 Å². The van der Waals surface area contributed by atoms with Crippen LogP contribution >= 0.6 is 0 Å². The Hall–Kier alpha value is -1.76. The van der Waals surface area contributed by atoms with Crippen molar-refractivity contribution in [2.24, 2.45) is 23.7 Å². The molecule has 0 aliphatic heterocycles. The van der Waals surface area contributed by atoms with Crippen molar-refractivity contribution in [1.82, 2.24) is 0 Å². The normalized spacial score (nSPS) is 35.8. The average Bonchev–Trinajstić information content (AvgIpc) is 2.63. The highest BCUT2D eigenvalue weighted by molar-refractivity contribution is 5.46. The van der Waals surface area contributed by atoms with Gasteiger partial charge in [-0.05, 0) is 86.0 Å². The van der Waals surface area contributed by atoms with Crippen LogP contribution in [0.1, 0.15) is 48.8 Å². The van der Waals surface area contributed by atoms with Crippen molar-refractivity contribution in [3.8, 4) is 5.75 Å². The first-order valence-corrected chi connectivity index (χ1v) is 9.91. The highest BCUT2D eigenvalue weighted by Crippen LogP contribution is 2.65. The number of benzene rings is 2. The second-order valence-corrected chi connectivity index (χ2v) is 8.77. The average molecular weight is 332 g/mol. The van der Waals surface area contributed by atoms with E-state index in [0.717, 1.165) is 29.4 Å². The van der Waals surface area contributed by atoms with Gasteiger partial charge in [-0.3, -0.25) is 0 Å². The van der Waals surface area contributed by atoms with Crippen molar-refractivity contribution in [2.75, 3.05) is 7.11 Å². The Morgan fingerprint density at radius 1 is 0.720 bits per heavy atom. The maximum Gasteiger partial charge on any atom is 0.118 e. The molecule has 2 aromatic rings. The Bertz CT molecular complexity index is 728. The fourth-order valence-electron chi connectivity index (χ4n) is 6.73. The number of ether oxygens (including phenoxy) is 1. The lowest BCUT2D eigenvalue weighted by Gasteiger charge is -2.62. The zero-order valence-electron chi connectivity index (χ0n) is 15.4. The number of methoxy groups -OCH3 is 1. The van der Waals surface area contributed by atoms with Gasteiger partial charge in [0, 0.05) is 5.41 Å². The first-order valence-electron chi connectivity index (χ1n) is 9.91. The summed E-state index contributed by atoms with van der Waals surface area (Å²) >= 11 is 0. The molecule has 4 bridgehead atoms. The van der Waals surface area contributed by atoms with E-state index in [1.165, 1.54) is 43.2 Å². The van der Waals surface area contributed by atoms with Gasteiger partial charge in [-0.15, -0.1) is 0 Å². The highest BCUT2D eigenvalue weighted by Gasteiger charge is 2.58. The van der Waals surface area contributed by atoms with Crippen molar-refractivity contribution >= 4 is 0 Å². The van der Waals surface area contributed by atoms with Crippen LogP contribution in [0.4, 0.5) is 0 Å². The summed E-state index contributed by atoms with van der Waals surface area (Å²) in [5, 5.41) is 0. The molecule has 4 fully saturated rings. The van der Waals surface area contributed by atoms with Gasteiger partial charge in [0.15, 0.2) is 0 Å². The molecule has 0 aromatic heterocycles. The molecule has 0 heterocycles. The van der Waals surface area contributed by atoms with Crippen LogP contribution in [0, 0.1) is 30.6 Å². The molecule has 6 rings (SSSR count). The van der Waals surface area contributed by atoms with Crippen molar-refractivity contribution < 1.29 is 4.74 Å². The molecule has 130 valence electrons. The number of hydrogen-bond acceptors (Lipinski definition) is 1. The molecular formula is C24H28O. The van der Waals surface area contributed by atoms with Crippen molar-refractivity contribution in [3.05, 3.63) is 65.2 Å². The molecule has 2 aromatic carbocycles. The number of hydrogen-bond donors (Lipinski definition) is 0. The lowest BCUT2D eigenvalue weighted by molar-refractivity contribution is -0.0418. The van der Waals surface area contributed by atoms with E-state index in [0.29, 0.717) is 0 Å². The largest absolute Gasteiger partial charge is 0.497 e. The van der Waals surface area contributed by atoms with E-state index in [-0.39, 0.29) is 5.41 Å². The van der Waals surface area contributed by atoms with Crippen LogP contribution in [0.5, 0.6) is 5.75 Å². The van der Waals surface area contributed by atoms with Gasteiger partial charge in [-0.1, -0.05) is 42.0 Å². The Balaban J connectivity index is 1.69. The molecule has 1 heteroatoms. The smallest absolute Gasteiger partial charge is 0.118 e. The summed E-state index contributed by atoms with van der Waals surface area (Å²) in [7, 11) is 1.76. The Kier molecular flexibility index (Phi) is 3.48. The predicted octanol–water partition coefficient (Wildman–Crippen LogP) is 5.75. The summed E-state index contributed by atoms with van der Waals surface area (Å²) < 4.78 is 5.43. The first-order chi connectivity index (χ1) is 12.2. The third-order valence-electron chi connectivity index (χ3n) is 7.52. The van der Waals surface area contributed by atoms with E-state index < -0.39 is 0 Å². The Labute approximate surface area is 151 Å². The predicted molar refractivity (Wildman–Crippen MR) is 102 cm³/mol. The van der Waals surface area contributed by atoms with Crippen molar-refractivity contribution in [2.45, 2.75) is 44.4 Å². The highest BCUT2D eigenvalue weighted by atomic mass is 16.5. The van der Waals surface area contributed by atoms with Crippen molar-refractivity contribution in [1.29, 1.82) is 0 Å². The third-order valence-corrected chi connectivity index (χ3v) is 7.52. The lowest BCUT2D eigenvalue weighted by Crippen LogP contribution is -2.56. The second kappa shape index (κ2) is 5.62. The van der Waals surface area contributed by atoms with Gasteiger partial charge in [0.1, 0.15) is 5.75 Å². The van der Waals surface area contributed by atoms with Crippen LogP contribution in [0.15, 0.2) is 48.5 Å². The zero-order chi connectivity index (χ0) is 17.0. The van der Waals surface area contributed by atoms with Crippen LogP contribution < -0.4 is 4.74 Å². The van der Waals surface area contributed by atoms with Gasteiger partial charge in [0.2, 0.25) is 0 Å². The molecular weight excluding hydrogens is 304 g/mol. The van der Waals surface area contributed by atoms with Crippen LogP contribution in [0.2, 0.25) is 0 Å². The minimum Gasteiger partial charge on any atom is -0.497 e. The van der Waals surface area contributed by atoms with Crippen LogP contribution in [-0.2, 0) is 5.41 Å². The number of rotatable bonds is 3. The molecule has 0 amide bonds. The standard InChI is InChI=1S/C24H28O/c1-16-3-5-19(6-4-16)24(20-7-9-23(25-2)10-8-20)21-12-17-11-18(14-21)15-22(24)13-17/h3-10,17-18,21-22H,11-15H2,1-2H3. The molecule has 4 saturated carbocycles. The van der Waals surface area contributed by atoms with E-state index in [4.69, 9.17) is 4.74 Å². The summed E-state index contributed by atoms with van der Waals surface area (Å²) in [5.41, 5.74) is 4.65. The van der Waals surface area contributed by atoms with Gasteiger partial charge in [-0.2, -0.15) is 0 Å². The topological polar surface area (TPSA) is 9.23 Å². The Morgan fingerprint density at radius 2 is 1.20 bits per heavy atom.